The van der Waals surface area contributed by atoms with E-state index in [-0.39, 0.29) is 6.10 Å². The summed E-state index contributed by atoms with van der Waals surface area (Å²) >= 11 is 5.31. The fraction of sp³-hybridized carbons (Fsp3) is 0.588. The molecule has 6 heteroatoms. The third-order valence-corrected chi connectivity index (χ3v) is 3.86. The van der Waals surface area contributed by atoms with Crippen LogP contribution in [0.4, 0.5) is 0 Å². The molecule has 1 heterocycles. The summed E-state index contributed by atoms with van der Waals surface area (Å²) < 4.78 is 16.8. The molecular formula is C17H26N2O3S. The van der Waals surface area contributed by atoms with Crippen LogP contribution in [-0.4, -0.2) is 37.6 Å². The Labute approximate surface area is 143 Å². The molecule has 0 bridgehead atoms. The lowest BCUT2D eigenvalue weighted by Crippen LogP contribution is -2.39. The largest absolute Gasteiger partial charge is 0.490 e. The lowest BCUT2D eigenvalue weighted by atomic mass is 10.2. The van der Waals surface area contributed by atoms with Gasteiger partial charge in [-0.05, 0) is 56.6 Å². The minimum absolute atomic E-state index is 0.282. The SMILES string of the molecule is CCOc1ccc(CNC(=S)NCC2CCCO2)cc1OCC. The third-order valence-electron chi connectivity index (χ3n) is 3.58. The molecule has 0 aromatic heterocycles. The van der Waals surface area contributed by atoms with Crippen LogP contribution in [0.1, 0.15) is 32.3 Å². The Morgan fingerprint density at radius 1 is 1.22 bits per heavy atom. The zero-order valence-corrected chi connectivity index (χ0v) is 14.7. The Bertz CT molecular complexity index is 505. The predicted octanol–water partition coefficient (Wildman–Crippen LogP) is 2.63. The minimum Gasteiger partial charge on any atom is -0.490 e. The van der Waals surface area contributed by atoms with Gasteiger partial charge >= 0.3 is 0 Å². The highest BCUT2D eigenvalue weighted by molar-refractivity contribution is 7.80. The summed E-state index contributed by atoms with van der Waals surface area (Å²) in [6.45, 7) is 7.42. The monoisotopic (exact) mass is 338 g/mol. The van der Waals surface area contributed by atoms with E-state index in [0.717, 1.165) is 43.1 Å². The summed E-state index contributed by atoms with van der Waals surface area (Å²) in [5.74, 6) is 1.55. The fourth-order valence-corrected chi connectivity index (χ4v) is 2.62. The fourth-order valence-electron chi connectivity index (χ4n) is 2.46. The van der Waals surface area contributed by atoms with Gasteiger partial charge in [-0.2, -0.15) is 0 Å². The maximum atomic E-state index is 5.63. The van der Waals surface area contributed by atoms with Crippen molar-refractivity contribution in [3.8, 4) is 11.5 Å². The number of hydrogen-bond donors (Lipinski definition) is 2. The molecule has 128 valence electrons. The van der Waals surface area contributed by atoms with Gasteiger partial charge in [-0.25, -0.2) is 0 Å². The molecule has 1 saturated heterocycles. The normalized spacial score (nSPS) is 16.9. The number of thiocarbonyl (C=S) groups is 1. The van der Waals surface area contributed by atoms with Crippen LogP contribution in [0.3, 0.4) is 0 Å². The first-order valence-corrected chi connectivity index (χ1v) is 8.65. The number of hydrogen-bond acceptors (Lipinski definition) is 4. The molecule has 0 amide bonds. The summed E-state index contributed by atoms with van der Waals surface area (Å²) in [7, 11) is 0. The van der Waals surface area contributed by atoms with E-state index in [2.05, 4.69) is 10.6 Å². The maximum absolute atomic E-state index is 5.63. The van der Waals surface area contributed by atoms with Crippen LogP contribution < -0.4 is 20.1 Å². The van der Waals surface area contributed by atoms with Gasteiger partial charge in [0, 0.05) is 19.7 Å². The van der Waals surface area contributed by atoms with Crippen LogP contribution in [-0.2, 0) is 11.3 Å². The molecule has 5 nitrogen and oxygen atoms in total. The van der Waals surface area contributed by atoms with E-state index >= 15 is 0 Å². The molecule has 1 aromatic carbocycles. The molecule has 2 N–H and O–H groups in total. The zero-order valence-electron chi connectivity index (χ0n) is 13.9. The van der Waals surface area contributed by atoms with Gasteiger partial charge in [-0.3, -0.25) is 0 Å². The molecule has 0 saturated carbocycles. The van der Waals surface area contributed by atoms with Gasteiger partial charge in [0.25, 0.3) is 0 Å². The van der Waals surface area contributed by atoms with Crippen molar-refractivity contribution in [1.82, 2.24) is 10.6 Å². The maximum Gasteiger partial charge on any atom is 0.166 e. The van der Waals surface area contributed by atoms with Gasteiger partial charge in [0.05, 0.1) is 19.3 Å². The van der Waals surface area contributed by atoms with Crippen molar-refractivity contribution < 1.29 is 14.2 Å². The quantitative estimate of drug-likeness (QED) is 0.711. The Morgan fingerprint density at radius 3 is 2.70 bits per heavy atom. The van der Waals surface area contributed by atoms with E-state index in [1.807, 2.05) is 32.0 Å². The lowest BCUT2D eigenvalue weighted by molar-refractivity contribution is 0.114. The number of benzene rings is 1. The molecule has 1 fully saturated rings. The predicted molar refractivity (Wildman–Crippen MR) is 95.2 cm³/mol. The molecule has 23 heavy (non-hydrogen) atoms. The standard InChI is InChI=1S/C17H26N2O3S/c1-3-20-15-8-7-13(10-16(15)21-4-2)11-18-17(23)19-12-14-6-5-9-22-14/h7-8,10,14H,3-6,9,11-12H2,1-2H3,(H2,18,19,23). The van der Waals surface area contributed by atoms with Gasteiger partial charge in [0.1, 0.15) is 0 Å². The van der Waals surface area contributed by atoms with Crippen LogP contribution in [0, 0.1) is 0 Å². The minimum atomic E-state index is 0.282. The molecule has 1 unspecified atom stereocenters. The van der Waals surface area contributed by atoms with Crippen molar-refractivity contribution in [2.45, 2.75) is 39.3 Å². The average Bonchev–Trinajstić information content (AvgIpc) is 3.07. The Hall–Kier alpha value is -1.53. The van der Waals surface area contributed by atoms with Crippen molar-refractivity contribution in [3.05, 3.63) is 23.8 Å². The Balaban J connectivity index is 1.81. The van der Waals surface area contributed by atoms with Gasteiger partial charge in [-0.1, -0.05) is 6.07 Å². The van der Waals surface area contributed by atoms with Gasteiger partial charge in [0.2, 0.25) is 0 Å². The van der Waals surface area contributed by atoms with E-state index in [1.165, 1.54) is 0 Å². The summed E-state index contributed by atoms with van der Waals surface area (Å²) in [4.78, 5) is 0. The first-order valence-electron chi connectivity index (χ1n) is 8.24. The summed E-state index contributed by atoms with van der Waals surface area (Å²) in [5.41, 5.74) is 1.10. The second-order valence-corrected chi connectivity index (χ2v) is 5.75. The molecule has 2 rings (SSSR count). The molecular weight excluding hydrogens is 312 g/mol. The van der Waals surface area contributed by atoms with E-state index in [9.17, 15) is 0 Å². The van der Waals surface area contributed by atoms with Crippen LogP contribution >= 0.6 is 12.2 Å². The number of rotatable bonds is 8. The van der Waals surface area contributed by atoms with Crippen LogP contribution in [0.5, 0.6) is 11.5 Å². The molecule has 0 aliphatic carbocycles. The highest BCUT2D eigenvalue weighted by Gasteiger charge is 2.15. The average molecular weight is 338 g/mol. The van der Waals surface area contributed by atoms with Crippen LogP contribution in [0.25, 0.3) is 0 Å². The van der Waals surface area contributed by atoms with E-state index < -0.39 is 0 Å². The molecule has 1 aliphatic heterocycles. The summed E-state index contributed by atoms with van der Waals surface area (Å²) in [6, 6.07) is 5.95. The highest BCUT2D eigenvalue weighted by Crippen LogP contribution is 2.28. The smallest absolute Gasteiger partial charge is 0.166 e. The van der Waals surface area contributed by atoms with Gasteiger partial charge in [-0.15, -0.1) is 0 Å². The topological polar surface area (TPSA) is 51.8 Å². The molecule has 1 atom stereocenters. The summed E-state index contributed by atoms with van der Waals surface area (Å²) in [5, 5.41) is 7.06. The van der Waals surface area contributed by atoms with Gasteiger partial charge < -0.3 is 24.8 Å². The van der Waals surface area contributed by atoms with Crippen molar-refractivity contribution in [3.63, 3.8) is 0 Å². The van der Waals surface area contributed by atoms with Gasteiger partial charge in [0.15, 0.2) is 16.6 Å². The molecule has 1 aliphatic rings. The first-order chi connectivity index (χ1) is 11.2. The van der Waals surface area contributed by atoms with Crippen molar-refractivity contribution in [2.24, 2.45) is 0 Å². The van der Waals surface area contributed by atoms with Crippen molar-refractivity contribution in [2.75, 3.05) is 26.4 Å². The van der Waals surface area contributed by atoms with Crippen molar-refractivity contribution >= 4 is 17.3 Å². The van der Waals surface area contributed by atoms with Crippen molar-refractivity contribution in [1.29, 1.82) is 0 Å². The third kappa shape index (κ3) is 5.88. The molecule has 1 aromatic rings. The van der Waals surface area contributed by atoms with E-state index in [4.69, 9.17) is 26.4 Å². The van der Waals surface area contributed by atoms with E-state index in [0.29, 0.717) is 24.9 Å². The zero-order chi connectivity index (χ0) is 16.5. The Morgan fingerprint density at radius 2 is 2.00 bits per heavy atom. The Kier molecular flexibility index (Phi) is 7.42. The molecule has 0 radical (unpaired) electrons. The first kappa shape index (κ1) is 17.8. The number of nitrogens with one attached hydrogen (secondary N) is 2. The number of ether oxygens (including phenoxy) is 3. The highest BCUT2D eigenvalue weighted by atomic mass is 32.1. The van der Waals surface area contributed by atoms with Crippen LogP contribution in [0.15, 0.2) is 18.2 Å². The molecule has 0 spiro atoms. The van der Waals surface area contributed by atoms with Crippen LogP contribution in [0.2, 0.25) is 0 Å². The lowest BCUT2D eigenvalue weighted by Gasteiger charge is -2.15. The second kappa shape index (κ2) is 9.57. The van der Waals surface area contributed by atoms with E-state index in [1.54, 1.807) is 0 Å². The second-order valence-electron chi connectivity index (χ2n) is 5.35. The summed E-state index contributed by atoms with van der Waals surface area (Å²) in [6.07, 6.45) is 2.52.